The minimum Gasteiger partial charge on any atom is -0.462 e. The topological polar surface area (TPSA) is 49.4 Å². The lowest BCUT2D eigenvalue weighted by Gasteiger charge is -2.49. The second-order valence-corrected chi connectivity index (χ2v) is 5.56. The van der Waals surface area contributed by atoms with Crippen molar-refractivity contribution in [3.63, 3.8) is 0 Å². The van der Waals surface area contributed by atoms with Gasteiger partial charge in [-0.2, -0.15) is 0 Å². The van der Waals surface area contributed by atoms with E-state index in [0.29, 0.717) is 12.8 Å². The average molecular weight is 214 g/mol. The molecule has 0 bridgehead atoms. The molecule has 1 aliphatic rings. The number of hydrogen-bond acceptors (Lipinski definition) is 3. The van der Waals surface area contributed by atoms with E-state index in [9.17, 15) is 10.0 Å². The van der Waals surface area contributed by atoms with Crippen LogP contribution in [0, 0.1) is 0 Å². The summed E-state index contributed by atoms with van der Waals surface area (Å²) >= 11 is 0. The molecule has 0 aromatic rings. The van der Waals surface area contributed by atoms with Gasteiger partial charge in [0.05, 0.1) is 0 Å². The Labute approximate surface area is 91.2 Å². The van der Waals surface area contributed by atoms with E-state index < -0.39 is 11.1 Å². The van der Waals surface area contributed by atoms with Gasteiger partial charge in [0.25, 0.3) is 0 Å². The molecule has 1 heterocycles. The van der Waals surface area contributed by atoms with Crippen molar-refractivity contribution in [1.82, 2.24) is 5.06 Å². The Bertz CT molecular complexity index is 243. The van der Waals surface area contributed by atoms with E-state index in [1.165, 1.54) is 6.92 Å². The molecule has 87 valence electrons. The molecular formula is C11H20NO3. The van der Waals surface area contributed by atoms with Crippen molar-refractivity contribution in [2.45, 2.75) is 64.6 Å². The maximum Gasteiger partial charge on any atom is 0.302 e. The van der Waals surface area contributed by atoms with Crippen LogP contribution in [0.3, 0.4) is 0 Å². The van der Waals surface area contributed by atoms with E-state index in [1.54, 1.807) is 0 Å². The summed E-state index contributed by atoms with van der Waals surface area (Å²) in [6.07, 6.45) is 1.05. The summed E-state index contributed by atoms with van der Waals surface area (Å²) in [7, 11) is 0. The van der Waals surface area contributed by atoms with Gasteiger partial charge < -0.3 is 4.74 Å². The van der Waals surface area contributed by atoms with Crippen molar-refractivity contribution in [3.05, 3.63) is 0 Å². The summed E-state index contributed by atoms with van der Waals surface area (Å²) < 4.78 is 5.21. The van der Waals surface area contributed by atoms with Crippen molar-refractivity contribution < 1.29 is 14.7 Å². The molecule has 1 radical (unpaired) electrons. The van der Waals surface area contributed by atoms with E-state index in [2.05, 4.69) is 0 Å². The first-order valence-electron chi connectivity index (χ1n) is 5.30. The van der Waals surface area contributed by atoms with Crippen LogP contribution >= 0.6 is 0 Å². The molecule has 0 aromatic heterocycles. The molecule has 15 heavy (non-hydrogen) atoms. The van der Waals surface area contributed by atoms with Crippen LogP contribution < -0.4 is 0 Å². The summed E-state index contributed by atoms with van der Waals surface area (Å²) in [5.41, 5.74) is -0.941. The van der Waals surface area contributed by atoms with Gasteiger partial charge in [-0.05, 0) is 27.7 Å². The highest BCUT2D eigenvalue weighted by molar-refractivity contribution is 5.66. The number of carbonyl (C=O) groups excluding carboxylic acids is 1. The molecule has 1 aliphatic heterocycles. The largest absolute Gasteiger partial charge is 0.462 e. The number of esters is 1. The standard InChI is InChI=1S/C11H20NO3/c1-8(13)15-9-6-10(2,3)12(14)11(4,5)7-9/h9H,6-7H2,1-5H3. The van der Waals surface area contributed by atoms with Crippen LogP contribution in [0.1, 0.15) is 47.5 Å². The molecule has 1 fully saturated rings. The van der Waals surface area contributed by atoms with Gasteiger partial charge in [-0.3, -0.25) is 4.79 Å². The Kier molecular flexibility index (Phi) is 3.12. The number of hydrogen-bond donors (Lipinski definition) is 0. The number of hydroxylamine groups is 2. The van der Waals surface area contributed by atoms with Gasteiger partial charge >= 0.3 is 5.97 Å². The normalized spacial score (nSPS) is 26.3. The first kappa shape index (κ1) is 12.5. The Morgan fingerprint density at radius 1 is 1.20 bits per heavy atom. The third kappa shape index (κ3) is 2.69. The highest BCUT2D eigenvalue weighted by atomic mass is 16.5. The SMILES string of the molecule is CC(=O)OC1CC(C)(C)N([O])C(C)(C)C1. The first-order chi connectivity index (χ1) is 6.65. The number of ether oxygens (including phenoxy) is 1. The van der Waals surface area contributed by atoms with Crippen molar-refractivity contribution in [3.8, 4) is 0 Å². The predicted molar refractivity (Wildman–Crippen MR) is 55.5 cm³/mol. The van der Waals surface area contributed by atoms with E-state index in [1.807, 2.05) is 27.7 Å². The lowest BCUT2D eigenvalue weighted by atomic mass is 9.80. The van der Waals surface area contributed by atoms with E-state index >= 15 is 0 Å². The molecule has 0 N–H and O–H groups in total. The zero-order valence-corrected chi connectivity index (χ0v) is 10.2. The van der Waals surface area contributed by atoms with Gasteiger partial charge in [-0.15, -0.1) is 10.3 Å². The van der Waals surface area contributed by atoms with Gasteiger partial charge in [0, 0.05) is 30.8 Å². The minimum absolute atomic E-state index is 0.141. The number of nitrogens with zero attached hydrogens (tertiary/aromatic N) is 1. The molecular weight excluding hydrogens is 194 g/mol. The molecule has 0 aliphatic carbocycles. The Hall–Kier alpha value is -0.610. The van der Waals surface area contributed by atoms with Crippen molar-refractivity contribution in [2.24, 2.45) is 0 Å². The van der Waals surface area contributed by atoms with Gasteiger partial charge in [0.2, 0.25) is 0 Å². The second-order valence-electron chi connectivity index (χ2n) is 5.56. The smallest absolute Gasteiger partial charge is 0.302 e. The molecule has 4 heteroatoms. The Morgan fingerprint density at radius 2 is 1.60 bits per heavy atom. The summed E-state index contributed by atoms with van der Waals surface area (Å²) in [4.78, 5) is 10.9. The molecule has 0 unspecified atom stereocenters. The molecule has 0 amide bonds. The van der Waals surface area contributed by atoms with E-state index in [0.717, 1.165) is 5.06 Å². The zero-order valence-electron chi connectivity index (χ0n) is 10.2. The number of carbonyl (C=O) groups is 1. The van der Waals surface area contributed by atoms with Gasteiger partial charge in [0.15, 0.2) is 0 Å². The van der Waals surface area contributed by atoms with E-state index in [-0.39, 0.29) is 12.1 Å². The van der Waals surface area contributed by atoms with Crippen LogP contribution in [0.2, 0.25) is 0 Å². The monoisotopic (exact) mass is 214 g/mol. The summed E-state index contributed by atoms with van der Waals surface area (Å²) in [6, 6.07) is 0. The Morgan fingerprint density at radius 3 is 1.93 bits per heavy atom. The van der Waals surface area contributed by atoms with Gasteiger partial charge in [-0.1, -0.05) is 0 Å². The minimum atomic E-state index is -0.470. The summed E-state index contributed by atoms with van der Waals surface area (Å²) in [5, 5.41) is 13.1. The average Bonchev–Trinajstić information content (AvgIpc) is 1.97. The first-order valence-corrected chi connectivity index (χ1v) is 5.30. The van der Waals surface area contributed by atoms with Crippen LogP contribution in [0.4, 0.5) is 0 Å². The fourth-order valence-corrected chi connectivity index (χ4v) is 2.49. The summed E-state index contributed by atoms with van der Waals surface area (Å²) in [5.74, 6) is -0.272. The number of piperidine rings is 1. The van der Waals surface area contributed by atoms with Crippen molar-refractivity contribution in [2.75, 3.05) is 0 Å². The maximum absolute atomic E-state index is 12.0. The predicted octanol–water partition coefficient (Wildman–Crippen LogP) is 1.92. The molecule has 1 rings (SSSR count). The number of rotatable bonds is 1. The molecule has 0 aromatic carbocycles. The van der Waals surface area contributed by atoms with Crippen LogP contribution in [0.25, 0.3) is 0 Å². The third-order valence-electron chi connectivity index (χ3n) is 2.89. The fourth-order valence-electron chi connectivity index (χ4n) is 2.49. The zero-order chi connectivity index (χ0) is 11.9. The molecule has 0 saturated carbocycles. The maximum atomic E-state index is 12.0. The van der Waals surface area contributed by atoms with Crippen molar-refractivity contribution >= 4 is 5.97 Å². The molecule has 0 atom stereocenters. The molecule has 4 nitrogen and oxygen atoms in total. The van der Waals surface area contributed by atoms with Crippen LogP contribution in [0.15, 0.2) is 0 Å². The van der Waals surface area contributed by atoms with Crippen LogP contribution in [-0.4, -0.2) is 28.2 Å². The highest BCUT2D eigenvalue weighted by Crippen LogP contribution is 2.38. The van der Waals surface area contributed by atoms with Gasteiger partial charge in [-0.25, -0.2) is 0 Å². The van der Waals surface area contributed by atoms with Gasteiger partial charge in [0.1, 0.15) is 6.10 Å². The molecule has 1 saturated heterocycles. The van der Waals surface area contributed by atoms with E-state index in [4.69, 9.17) is 4.74 Å². The lowest BCUT2D eigenvalue weighted by Crippen LogP contribution is -2.60. The summed E-state index contributed by atoms with van der Waals surface area (Å²) in [6.45, 7) is 8.95. The van der Waals surface area contributed by atoms with Crippen LogP contribution in [0.5, 0.6) is 0 Å². The van der Waals surface area contributed by atoms with Crippen LogP contribution in [-0.2, 0) is 14.7 Å². The third-order valence-corrected chi connectivity index (χ3v) is 2.89. The lowest BCUT2D eigenvalue weighted by molar-refractivity contribution is -0.299. The highest BCUT2D eigenvalue weighted by Gasteiger charge is 2.47. The fraction of sp³-hybridized carbons (Fsp3) is 0.909. The molecule has 0 spiro atoms. The van der Waals surface area contributed by atoms with Crippen molar-refractivity contribution in [1.29, 1.82) is 0 Å². The second kappa shape index (κ2) is 3.76. The Balaban J connectivity index is 2.79. The quantitative estimate of drug-likeness (QED) is 0.626.